The second-order valence-electron chi connectivity index (χ2n) is 6.07. The number of imidazole rings is 1. The normalized spacial score (nSPS) is 12.1. The van der Waals surface area contributed by atoms with Crippen LogP contribution in [0, 0.1) is 0 Å². The lowest BCUT2D eigenvalue weighted by Crippen LogP contribution is -2.31. The fourth-order valence-corrected chi connectivity index (χ4v) is 2.60. The van der Waals surface area contributed by atoms with Crippen molar-refractivity contribution in [3.05, 3.63) is 58.5 Å². The molecule has 148 valence electrons. The van der Waals surface area contributed by atoms with Crippen LogP contribution in [0.2, 0.25) is 0 Å². The molecule has 0 fully saturated rings. The number of H-pyrrole nitrogens is 2. The lowest BCUT2D eigenvalue weighted by molar-refractivity contribution is -0.126. The standard InChI is InChI=1S/C19H17N5O5/c1-10(25)16(24-23-13-6-4-3-5-12(13)18(27)29-2)17(26)20-11-7-8-14-15(9-11)22-19(28)21-14/h3-9,16H,1-2H3,(H,20,26)(H2,21,22,28). The van der Waals surface area contributed by atoms with Crippen LogP contribution in [0.5, 0.6) is 0 Å². The molecule has 0 aliphatic rings. The third kappa shape index (κ3) is 4.43. The molecule has 0 aliphatic heterocycles. The number of azo groups is 1. The zero-order valence-corrected chi connectivity index (χ0v) is 15.6. The molecular formula is C19H17N5O5. The number of anilines is 1. The molecule has 0 radical (unpaired) electrons. The van der Waals surface area contributed by atoms with E-state index in [-0.39, 0.29) is 16.9 Å². The van der Waals surface area contributed by atoms with Crippen molar-refractivity contribution in [1.29, 1.82) is 0 Å². The molecule has 3 aromatic rings. The first kappa shape index (κ1) is 19.7. The van der Waals surface area contributed by atoms with E-state index in [9.17, 15) is 19.2 Å². The van der Waals surface area contributed by atoms with Gasteiger partial charge in [-0.15, -0.1) is 0 Å². The second kappa shape index (κ2) is 8.30. The van der Waals surface area contributed by atoms with Crippen LogP contribution in [-0.2, 0) is 14.3 Å². The number of aromatic amines is 2. The summed E-state index contributed by atoms with van der Waals surface area (Å²) in [6, 6.07) is 9.59. The smallest absolute Gasteiger partial charge is 0.340 e. The quantitative estimate of drug-likeness (QED) is 0.333. The molecule has 3 N–H and O–H groups in total. The molecule has 10 nitrogen and oxygen atoms in total. The van der Waals surface area contributed by atoms with E-state index in [1.807, 2.05) is 0 Å². The highest BCUT2D eigenvalue weighted by molar-refractivity contribution is 6.10. The molecule has 1 heterocycles. The van der Waals surface area contributed by atoms with Gasteiger partial charge >= 0.3 is 11.7 Å². The van der Waals surface area contributed by atoms with Crippen LogP contribution in [-0.4, -0.2) is 40.8 Å². The summed E-state index contributed by atoms with van der Waals surface area (Å²) in [4.78, 5) is 52.8. The Morgan fingerprint density at radius 2 is 1.79 bits per heavy atom. The van der Waals surface area contributed by atoms with Crippen molar-refractivity contribution in [2.45, 2.75) is 13.0 Å². The minimum atomic E-state index is -1.42. The number of aromatic nitrogens is 2. The molecule has 10 heteroatoms. The largest absolute Gasteiger partial charge is 0.465 e. The molecular weight excluding hydrogens is 378 g/mol. The number of esters is 1. The number of nitrogens with one attached hydrogen (secondary N) is 3. The van der Waals surface area contributed by atoms with Crippen LogP contribution in [0.25, 0.3) is 11.0 Å². The maximum atomic E-state index is 12.5. The number of hydrogen-bond acceptors (Lipinski definition) is 7. The van der Waals surface area contributed by atoms with Gasteiger partial charge in [0.2, 0.25) is 6.04 Å². The highest BCUT2D eigenvalue weighted by Crippen LogP contribution is 2.21. The Labute approximate surface area is 164 Å². The van der Waals surface area contributed by atoms with Gasteiger partial charge in [0.1, 0.15) is 0 Å². The summed E-state index contributed by atoms with van der Waals surface area (Å²) in [5.41, 5.74) is 1.40. The van der Waals surface area contributed by atoms with Gasteiger partial charge in [0.15, 0.2) is 5.78 Å². The Bertz CT molecular complexity index is 1180. The van der Waals surface area contributed by atoms with E-state index in [0.29, 0.717) is 16.7 Å². The lowest BCUT2D eigenvalue weighted by atomic mass is 10.2. The van der Waals surface area contributed by atoms with Crippen LogP contribution < -0.4 is 11.0 Å². The number of Topliss-reactive ketones (excluding diaryl/α,β-unsaturated/α-hetero) is 1. The minimum Gasteiger partial charge on any atom is -0.465 e. The zero-order chi connectivity index (χ0) is 21.0. The number of rotatable bonds is 6. The van der Waals surface area contributed by atoms with Gasteiger partial charge in [-0.2, -0.15) is 10.2 Å². The molecule has 1 unspecified atom stereocenters. The number of hydrogen-bond donors (Lipinski definition) is 3. The van der Waals surface area contributed by atoms with Crippen molar-refractivity contribution < 1.29 is 19.1 Å². The van der Waals surface area contributed by atoms with E-state index in [1.54, 1.807) is 30.3 Å². The van der Waals surface area contributed by atoms with Gasteiger partial charge in [0.25, 0.3) is 5.91 Å². The average molecular weight is 395 g/mol. The van der Waals surface area contributed by atoms with E-state index in [1.165, 1.54) is 26.2 Å². The average Bonchev–Trinajstić information content (AvgIpc) is 3.06. The van der Waals surface area contributed by atoms with Crippen molar-refractivity contribution in [3.8, 4) is 0 Å². The van der Waals surface area contributed by atoms with Gasteiger partial charge in [-0.3, -0.25) is 9.59 Å². The monoisotopic (exact) mass is 395 g/mol. The summed E-state index contributed by atoms with van der Waals surface area (Å²) < 4.78 is 4.68. The summed E-state index contributed by atoms with van der Waals surface area (Å²) in [6.45, 7) is 1.21. The third-order valence-corrected chi connectivity index (χ3v) is 4.01. The van der Waals surface area contributed by atoms with Crippen LogP contribution in [0.1, 0.15) is 17.3 Å². The molecule has 0 aliphatic carbocycles. The molecule has 1 atom stereocenters. The predicted molar refractivity (Wildman–Crippen MR) is 104 cm³/mol. The maximum absolute atomic E-state index is 12.5. The molecule has 0 saturated carbocycles. The number of nitrogens with zero attached hydrogens (tertiary/aromatic N) is 2. The number of ketones is 1. The van der Waals surface area contributed by atoms with Crippen molar-refractivity contribution in [2.24, 2.45) is 10.2 Å². The van der Waals surface area contributed by atoms with Crippen molar-refractivity contribution in [2.75, 3.05) is 12.4 Å². The SMILES string of the molecule is COC(=O)c1ccccc1N=NC(C(C)=O)C(=O)Nc1ccc2[nH]c(=O)[nH]c2c1. The van der Waals surface area contributed by atoms with Gasteiger partial charge in [-0.1, -0.05) is 12.1 Å². The van der Waals surface area contributed by atoms with Crippen molar-refractivity contribution >= 4 is 40.1 Å². The number of methoxy groups -OCH3 is 1. The van der Waals surface area contributed by atoms with Gasteiger partial charge < -0.3 is 20.0 Å². The van der Waals surface area contributed by atoms with Crippen LogP contribution in [0.15, 0.2) is 57.5 Å². The van der Waals surface area contributed by atoms with E-state index in [4.69, 9.17) is 0 Å². The summed E-state index contributed by atoms with van der Waals surface area (Å²) >= 11 is 0. The van der Waals surface area contributed by atoms with E-state index in [0.717, 1.165) is 0 Å². The van der Waals surface area contributed by atoms with Crippen molar-refractivity contribution in [1.82, 2.24) is 9.97 Å². The first-order valence-corrected chi connectivity index (χ1v) is 8.50. The molecule has 3 rings (SSSR count). The molecule has 1 aromatic heterocycles. The molecule has 29 heavy (non-hydrogen) atoms. The number of carbonyl (C=O) groups excluding carboxylic acids is 3. The molecule has 2 aromatic carbocycles. The van der Waals surface area contributed by atoms with Crippen LogP contribution in [0.4, 0.5) is 11.4 Å². The number of carbonyl (C=O) groups is 3. The van der Waals surface area contributed by atoms with Crippen LogP contribution >= 0.6 is 0 Å². The summed E-state index contributed by atoms with van der Waals surface area (Å²) in [5, 5.41) is 10.3. The molecule has 1 amide bonds. The van der Waals surface area contributed by atoms with E-state index in [2.05, 4.69) is 30.3 Å². The minimum absolute atomic E-state index is 0.156. The van der Waals surface area contributed by atoms with Gasteiger partial charge in [-0.25, -0.2) is 9.59 Å². The predicted octanol–water partition coefficient (Wildman–Crippen LogP) is 2.32. The number of fused-ring (bicyclic) bond motifs is 1. The van der Waals surface area contributed by atoms with Crippen molar-refractivity contribution in [3.63, 3.8) is 0 Å². The number of amides is 1. The first-order valence-electron chi connectivity index (χ1n) is 8.50. The first-order chi connectivity index (χ1) is 13.9. The highest BCUT2D eigenvalue weighted by atomic mass is 16.5. The Morgan fingerprint density at radius 3 is 2.52 bits per heavy atom. The number of benzene rings is 2. The fraction of sp³-hybridized carbons (Fsp3) is 0.158. The van der Waals surface area contributed by atoms with E-state index < -0.39 is 23.7 Å². The van der Waals surface area contributed by atoms with Gasteiger partial charge in [0, 0.05) is 5.69 Å². The van der Waals surface area contributed by atoms with E-state index >= 15 is 0 Å². The molecule has 0 saturated heterocycles. The molecule has 0 spiro atoms. The van der Waals surface area contributed by atoms with Gasteiger partial charge in [-0.05, 0) is 37.3 Å². The van der Waals surface area contributed by atoms with Crippen LogP contribution in [0.3, 0.4) is 0 Å². The lowest BCUT2D eigenvalue weighted by Gasteiger charge is -2.10. The Balaban J connectivity index is 1.83. The summed E-state index contributed by atoms with van der Waals surface area (Å²) in [5.74, 6) is -1.84. The topological polar surface area (TPSA) is 146 Å². The second-order valence-corrected chi connectivity index (χ2v) is 6.07. The Kier molecular flexibility index (Phi) is 5.63. The maximum Gasteiger partial charge on any atom is 0.340 e. The summed E-state index contributed by atoms with van der Waals surface area (Å²) in [6.07, 6.45) is 0. The third-order valence-electron chi connectivity index (χ3n) is 4.01. The zero-order valence-electron chi connectivity index (χ0n) is 15.6. The fourth-order valence-electron chi connectivity index (χ4n) is 2.60. The summed E-state index contributed by atoms with van der Waals surface area (Å²) in [7, 11) is 1.23. The highest BCUT2D eigenvalue weighted by Gasteiger charge is 2.24. The Morgan fingerprint density at radius 1 is 1.07 bits per heavy atom. The molecule has 0 bridgehead atoms. The van der Waals surface area contributed by atoms with Gasteiger partial charge in [0.05, 0.1) is 29.4 Å². The Hall–Kier alpha value is -4.08. The number of ether oxygens (including phenoxy) is 1.